The van der Waals surface area contributed by atoms with Gasteiger partial charge in [-0.25, -0.2) is 4.79 Å². The van der Waals surface area contributed by atoms with E-state index in [0.29, 0.717) is 5.56 Å². The van der Waals surface area contributed by atoms with E-state index in [4.69, 9.17) is 4.74 Å². The Morgan fingerprint density at radius 2 is 1.74 bits per heavy atom. The van der Waals surface area contributed by atoms with E-state index in [1.165, 1.54) is 23.1 Å². The summed E-state index contributed by atoms with van der Waals surface area (Å²) in [6.07, 6.45) is 4.15. The maximum Gasteiger partial charge on any atom is 0.337 e. The second-order valence-corrected chi connectivity index (χ2v) is 5.96. The molecule has 0 unspecified atom stereocenters. The van der Waals surface area contributed by atoms with Gasteiger partial charge in [-0.1, -0.05) is 54.6 Å². The summed E-state index contributed by atoms with van der Waals surface area (Å²) in [5, 5.41) is 2.08. The summed E-state index contributed by atoms with van der Waals surface area (Å²) in [7, 11) is 1.39. The largest absolute Gasteiger partial charge is 0.465 e. The van der Waals surface area contributed by atoms with Crippen LogP contribution in [0.5, 0.6) is 0 Å². The fourth-order valence-electron chi connectivity index (χ4n) is 2.33. The first kappa shape index (κ1) is 15.3. The van der Waals surface area contributed by atoms with Gasteiger partial charge in [-0.3, -0.25) is 0 Å². The van der Waals surface area contributed by atoms with E-state index in [1.54, 1.807) is 23.5 Å². The highest BCUT2D eigenvalue weighted by Gasteiger charge is 2.04. The molecule has 0 bridgehead atoms. The second-order valence-electron chi connectivity index (χ2n) is 5.01. The number of ether oxygens (including phenoxy) is 1. The van der Waals surface area contributed by atoms with Crippen molar-refractivity contribution in [1.82, 2.24) is 0 Å². The summed E-state index contributed by atoms with van der Waals surface area (Å²) in [6, 6.07) is 19.9. The van der Waals surface area contributed by atoms with Gasteiger partial charge in [0.15, 0.2) is 0 Å². The maximum absolute atomic E-state index is 11.4. The molecule has 3 aromatic rings. The van der Waals surface area contributed by atoms with Crippen molar-refractivity contribution in [2.75, 3.05) is 7.11 Å². The number of hydrogen-bond donors (Lipinski definition) is 0. The molecule has 1 aromatic heterocycles. The molecule has 0 atom stereocenters. The van der Waals surface area contributed by atoms with Crippen molar-refractivity contribution in [3.8, 4) is 10.4 Å². The minimum Gasteiger partial charge on any atom is -0.465 e. The van der Waals surface area contributed by atoms with Crippen LogP contribution in [0.25, 0.3) is 22.6 Å². The van der Waals surface area contributed by atoms with Crippen molar-refractivity contribution in [1.29, 1.82) is 0 Å². The van der Waals surface area contributed by atoms with Crippen LogP contribution in [0.1, 0.15) is 21.5 Å². The molecule has 3 heteroatoms. The average Bonchev–Trinajstić information content (AvgIpc) is 3.14. The predicted molar refractivity (Wildman–Crippen MR) is 96.5 cm³/mol. The Morgan fingerprint density at radius 3 is 2.43 bits per heavy atom. The Kier molecular flexibility index (Phi) is 4.69. The molecular formula is C20H16O2S. The van der Waals surface area contributed by atoms with E-state index in [9.17, 15) is 4.79 Å². The fraction of sp³-hybridized carbons (Fsp3) is 0.0500. The van der Waals surface area contributed by atoms with Crippen LogP contribution in [0.15, 0.2) is 66.0 Å². The SMILES string of the molecule is COC(=O)c1ccc(C=Cc2ccccc2-c2cccs2)cc1. The summed E-state index contributed by atoms with van der Waals surface area (Å²) < 4.78 is 4.71. The van der Waals surface area contributed by atoms with Gasteiger partial charge < -0.3 is 4.74 Å². The summed E-state index contributed by atoms with van der Waals surface area (Å²) in [4.78, 5) is 12.7. The van der Waals surface area contributed by atoms with Gasteiger partial charge in [-0.05, 0) is 40.3 Å². The molecule has 0 aliphatic carbocycles. The van der Waals surface area contributed by atoms with E-state index in [2.05, 4.69) is 41.8 Å². The Balaban J connectivity index is 1.85. The van der Waals surface area contributed by atoms with Crippen LogP contribution in [0.4, 0.5) is 0 Å². The third-order valence-corrected chi connectivity index (χ3v) is 4.44. The zero-order chi connectivity index (χ0) is 16.1. The van der Waals surface area contributed by atoms with Crippen molar-refractivity contribution in [2.45, 2.75) is 0 Å². The number of methoxy groups -OCH3 is 1. The third-order valence-electron chi connectivity index (χ3n) is 3.53. The van der Waals surface area contributed by atoms with Crippen LogP contribution >= 0.6 is 11.3 Å². The summed E-state index contributed by atoms with van der Waals surface area (Å²) in [5.74, 6) is -0.316. The number of hydrogen-bond acceptors (Lipinski definition) is 3. The van der Waals surface area contributed by atoms with E-state index in [-0.39, 0.29) is 5.97 Å². The molecular weight excluding hydrogens is 304 g/mol. The van der Waals surface area contributed by atoms with Crippen LogP contribution in [0, 0.1) is 0 Å². The molecule has 0 fully saturated rings. The van der Waals surface area contributed by atoms with Crippen LogP contribution in [0.3, 0.4) is 0 Å². The molecule has 0 spiro atoms. The molecule has 3 rings (SSSR count). The molecule has 1 heterocycles. The monoisotopic (exact) mass is 320 g/mol. The van der Waals surface area contributed by atoms with Gasteiger partial charge in [0, 0.05) is 4.88 Å². The van der Waals surface area contributed by atoms with Crippen LogP contribution < -0.4 is 0 Å². The van der Waals surface area contributed by atoms with Crippen molar-refractivity contribution in [3.05, 3.63) is 82.7 Å². The van der Waals surface area contributed by atoms with Gasteiger partial charge in [-0.2, -0.15) is 0 Å². The van der Waals surface area contributed by atoms with E-state index in [0.717, 1.165) is 5.56 Å². The standard InChI is InChI=1S/C20H16O2S/c1-22-20(21)17-12-9-15(10-13-17)8-11-16-5-2-3-6-18(16)19-7-4-14-23-19/h2-14H,1H3. The molecule has 2 aromatic carbocycles. The number of esters is 1. The average molecular weight is 320 g/mol. The molecule has 0 radical (unpaired) electrons. The summed E-state index contributed by atoms with van der Waals surface area (Å²) >= 11 is 1.73. The van der Waals surface area contributed by atoms with Gasteiger partial charge in [0.25, 0.3) is 0 Å². The van der Waals surface area contributed by atoms with Gasteiger partial charge in [0.05, 0.1) is 12.7 Å². The maximum atomic E-state index is 11.4. The van der Waals surface area contributed by atoms with Gasteiger partial charge in [0.1, 0.15) is 0 Å². The lowest BCUT2D eigenvalue weighted by Gasteiger charge is -2.03. The van der Waals surface area contributed by atoms with Crippen molar-refractivity contribution in [3.63, 3.8) is 0 Å². The third kappa shape index (κ3) is 3.58. The minimum absolute atomic E-state index is 0.316. The lowest BCUT2D eigenvalue weighted by atomic mass is 10.0. The summed E-state index contributed by atoms with van der Waals surface area (Å²) in [6.45, 7) is 0. The second kappa shape index (κ2) is 7.07. The smallest absolute Gasteiger partial charge is 0.337 e. The Labute approximate surface area is 139 Å². The lowest BCUT2D eigenvalue weighted by Crippen LogP contribution is -2.00. The number of thiophene rings is 1. The van der Waals surface area contributed by atoms with Crippen LogP contribution in [0.2, 0.25) is 0 Å². The number of carbonyl (C=O) groups is 1. The van der Waals surface area contributed by atoms with Crippen LogP contribution in [-0.4, -0.2) is 13.1 Å². The molecule has 0 aliphatic heterocycles. The van der Waals surface area contributed by atoms with Gasteiger partial charge in [0.2, 0.25) is 0 Å². The van der Waals surface area contributed by atoms with Crippen LogP contribution in [-0.2, 0) is 4.74 Å². The highest BCUT2D eigenvalue weighted by Crippen LogP contribution is 2.29. The fourth-order valence-corrected chi connectivity index (χ4v) is 3.11. The van der Waals surface area contributed by atoms with Gasteiger partial charge in [-0.15, -0.1) is 11.3 Å². The highest BCUT2D eigenvalue weighted by molar-refractivity contribution is 7.13. The summed E-state index contributed by atoms with van der Waals surface area (Å²) in [5.41, 5.74) is 4.00. The first-order chi connectivity index (χ1) is 11.3. The molecule has 0 amide bonds. The Hall–Kier alpha value is -2.65. The van der Waals surface area contributed by atoms with E-state index in [1.807, 2.05) is 24.3 Å². The van der Waals surface area contributed by atoms with E-state index < -0.39 is 0 Å². The molecule has 0 aliphatic rings. The first-order valence-corrected chi connectivity index (χ1v) is 8.15. The molecule has 23 heavy (non-hydrogen) atoms. The molecule has 0 saturated heterocycles. The zero-order valence-corrected chi connectivity index (χ0v) is 13.5. The molecule has 2 nitrogen and oxygen atoms in total. The number of benzene rings is 2. The molecule has 0 saturated carbocycles. The molecule has 0 N–H and O–H groups in total. The van der Waals surface area contributed by atoms with Crippen molar-refractivity contribution in [2.24, 2.45) is 0 Å². The number of carbonyl (C=O) groups excluding carboxylic acids is 1. The number of rotatable bonds is 4. The zero-order valence-electron chi connectivity index (χ0n) is 12.7. The predicted octanol–water partition coefficient (Wildman–Crippen LogP) is 5.37. The highest BCUT2D eigenvalue weighted by atomic mass is 32.1. The topological polar surface area (TPSA) is 26.3 Å². The van der Waals surface area contributed by atoms with Gasteiger partial charge >= 0.3 is 5.97 Å². The molecule has 114 valence electrons. The normalized spacial score (nSPS) is 10.8. The lowest BCUT2D eigenvalue weighted by molar-refractivity contribution is 0.0601. The quantitative estimate of drug-likeness (QED) is 0.477. The Bertz CT molecular complexity index is 815. The van der Waals surface area contributed by atoms with E-state index >= 15 is 0 Å². The first-order valence-electron chi connectivity index (χ1n) is 7.27. The minimum atomic E-state index is -0.316. The van der Waals surface area contributed by atoms with Crippen molar-refractivity contribution >= 4 is 29.5 Å². The van der Waals surface area contributed by atoms with Crippen molar-refractivity contribution < 1.29 is 9.53 Å². The Morgan fingerprint density at radius 1 is 0.957 bits per heavy atom.